The van der Waals surface area contributed by atoms with E-state index in [4.69, 9.17) is 4.74 Å². The SMILES string of the molecule is Cc1nc(C[C@@H]2OC[C@@H]3CN(C(=O)Cc4ccccc4)CC[C@@H]32)n[nH]1. The summed E-state index contributed by atoms with van der Waals surface area (Å²) in [6, 6.07) is 9.96. The van der Waals surface area contributed by atoms with Crippen molar-refractivity contribution < 1.29 is 9.53 Å². The molecule has 0 saturated carbocycles. The zero-order valence-electron chi connectivity index (χ0n) is 14.5. The molecule has 1 aromatic carbocycles. The Morgan fingerprint density at radius 3 is 2.96 bits per heavy atom. The highest BCUT2D eigenvalue weighted by atomic mass is 16.5. The van der Waals surface area contributed by atoms with Gasteiger partial charge >= 0.3 is 0 Å². The summed E-state index contributed by atoms with van der Waals surface area (Å²) in [6.07, 6.45) is 2.41. The van der Waals surface area contributed by atoms with Crippen LogP contribution in [0.3, 0.4) is 0 Å². The molecule has 2 fully saturated rings. The smallest absolute Gasteiger partial charge is 0.227 e. The first-order valence-electron chi connectivity index (χ1n) is 9.00. The quantitative estimate of drug-likeness (QED) is 0.921. The third-order valence-corrected chi connectivity index (χ3v) is 5.37. The molecule has 4 rings (SSSR count). The van der Waals surface area contributed by atoms with E-state index in [0.717, 1.165) is 49.8 Å². The fourth-order valence-electron chi connectivity index (χ4n) is 4.07. The van der Waals surface area contributed by atoms with Crippen molar-refractivity contribution >= 4 is 5.91 Å². The number of aryl methyl sites for hydroxylation is 1. The minimum atomic E-state index is 0.173. The van der Waals surface area contributed by atoms with Crippen molar-refractivity contribution in [2.24, 2.45) is 11.8 Å². The number of rotatable bonds is 4. The molecule has 0 radical (unpaired) electrons. The van der Waals surface area contributed by atoms with Gasteiger partial charge in [-0.25, -0.2) is 4.98 Å². The van der Waals surface area contributed by atoms with Crippen LogP contribution in [0, 0.1) is 18.8 Å². The van der Waals surface area contributed by atoms with E-state index in [1.54, 1.807) is 0 Å². The van der Waals surface area contributed by atoms with Crippen LogP contribution in [0.25, 0.3) is 0 Å². The van der Waals surface area contributed by atoms with Gasteiger partial charge in [-0.2, -0.15) is 5.10 Å². The number of nitrogens with zero attached hydrogens (tertiary/aromatic N) is 3. The van der Waals surface area contributed by atoms with Gasteiger partial charge in [-0.05, 0) is 24.8 Å². The Bertz CT molecular complexity index is 730. The Hall–Kier alpha value is -2.21. The highest BCUT2D eigenvalue weighted by molar-refractivity contribution is 5.78. The average molecular weight is 340 g/mol. The molecule has 2 saturated heterocycles. The summed E-state index contributed by atoms with van der Waals surface area (Å²) in [7, 11) is 0. The third-order valence-electron chi connectivity index (χ3n) is 5.37. The molecule has 0 unspecified atom stereocenters. The van der Waals surface area contributed by atoms with Crippen molar-refractivity contribution in [3.63, 3.8) is 0 Å². The lowest BCUT2D eigenvalue weighted by molar-refractivity contribution is -0.132. The van der Waals surface area contributed by atoms with Gasteiger partial charge in [0.1, 0.15) is 5.82 Å². The van der Waals surface area contributed by atoms with Crippen LogP contribution in [-0.4, -0.2) is 51.8 Å². The lowest BCUT2D eigenvalue weighted by Gasteiger charge is -2.35. The number of piperidine rings is 1. The summed E-state index contributed by atoms with van der Waals surface area (Å²) in [6.45, 7) is 4.26. The second kappa shape index (κ2) is 6.96. The van der Waals surface area contributed by atoms with E-state index in [1.807, 2.05) is 42.2 Å². The molecule has 6 nitrogen and oxygen atoms in total. The molecule has 6 heteroatoms. The zero-order chi connectivity index (χ0) is 17.2. The van der Waals surface area contributed by atoms with E-state index in [-0.39, 0.29) is 12.0 Å². The van der Waals surface area contributed by atoms with E-state index in [1.165, 1.54) is 0 Å². The van der Waals surface area contributed by atoms with Crippen LogP contribution in [0.5, 0.6) is 0 Å². The number of carbonyl (C=O) groups is 1. The number of aromatic nitrogens is 3. The summed E-state index contributed by atoms with van der Waals surface area (Å²) in [5.74, 6) is 2.81. The number of fused-ring (bicyclic) bond motifs is 1. The Labute approximate surface area is 147 Å². The van der Waals surface area contributed by atoms with Crippen molar-refractivity contribution in [2.75, 3.05) is 19.7 Å². The van der Waals surface area contributed by atoms with Crippen molar-refractivity contribution in [2.45, 2.75) is 32.3 Å². The summed E-state index contributed by atoms with van der Waals surface area (Å²) < 4.78 is 6.03. The van der Waals surface area contributed by atoms with Gasteiger partial charge < -0.3 is 9.64 Å². The summed E-state index contributed by atoms with van der Waals surface area (Å²) in [5, 5.41) is 7.12. The van der Waals surface area contributed by atoms with Crippen LogP contribution in [-0.2, 0) is 22.4 Å². The largest absolute Gasteiger partial charge is 0.377 e. The molecule has 2 aliphatic rings. The molecule has 0 aliphatic carbocycles. The van der Waals surface area contributed by atoms with Gasteiger partial charge in [0.15, 0.2) is 5.82 Å². The number of aromatic amines is 1. The van der Waals surface area contributed by atoms with Gasteiger partial charge in [-0.15, -0.1) is 0 Å². The van der Waals surface area contributed by atoms with Gasteiger partial charge in [-0.1, -0.05) is 30.3 Å². The molecule has 25 heavy (non-hydrogen) atoms. The number of amides is 1. The normalized spacial score (nSPS) is 25.8. The molecule has 2 aromatic rings. The van der Waals surface area contributed by atoms with Gasteiger partial charge in [0, 0.05) is 25.4 Å². The van der Waals surface area contributed by atoms with Crippen LogP contribution in [0.4, 0.5) is 0 Å². The van der Waals surface area contributed by atoms with E-state index >= 15 is 0 Å². The number of H-pyrrole nitrogens is 1. The Balaban J connectivity index is 1.34. The average Bonchev–Trinajstić information content (AvgIpc) is 3.22. The fraction of sp³-hybridized carbons (Fsp3) is 0.526. The van der Waals surface area contributed by atoms with Gasteiger partial charge in [-0.3, -0.25) is 9.89 Å². The molecule has 1 N–H and O–H groups in total. The van der Waals surface area contributed by atoms with E-state index in [9.17, 15) is 4.79 Å². The minimum Gasteiger partial charge on any atom is -0.377 e. The van der Waals surface area contributed by atoms with Crippen molar-refractivity contribution in [3.8, 4) is 0 Å². The molecular formula is C19H24N4O2. The second-order valence-corrected chi connectivity index (χ2v) is 7.13. The van der Waals surface area contributed by atoms with Crippen molar-refractivity contribution in [1.82, 2.24) is 20.1 Å². The molecule has 2 aliphatic heterocycles. The van der Waals surface area contributed by atoms with Gasteiger partial charge in [0.25, 0.3) is 0 Å². The molecule has 3 atom stereocenters. The number of nitrogens with one attached hydrogen (secondary N) is 1. The van der Waals surface area contributed by atoms with Crippen molar-refractivity contribution in [1.29, 1.82) is 0 Å². The molecular weight excluding hydrogens is 316 g/mol. The first-order chi connectivity index (χ1) is 12.2. The lowest BCUT2D eigenvalue weighted by Crippen LogP contribution is -2.45. The molecule has 1 amide bonds. The van der Waals surface area contributed by atoms with E-state index in [0.29, 0.717) is 18.3 Å². The molecule has 132 valence electrons. The highest BCUT2D eigenvalue weighted by Crippen LogP contribution is 2.35. The number of hydrogen-bond acceptors (Lipinski definition) is 4. The summed E-state index contributed by atoms with van der Waals surface area (Å²) in [5.41, 5.74) is 1.08. The topological polar surface area (TPSA) is 71.1 Å². The lowest BCUT2D eigenvalue weighted by atomic mass is 9.83. The van der Waals surface area contributed by atoms with E-state index < -0.39 is 0 Å². The predicted molar refractivity (Wildman–Crippen MR) is 92.9 cm³/mol. The van der Waals surface area contributed by atoms with E-state index in [2.05, 4.69) is 15.2 Å². The summed E-state index contributed by atoms with van der Waals surface area (Å²) in [4.78, 5) is 19.0. The van der Waals surface area contributed by atoms with Crippen LogP contribution in [0.2, 0.25) is 0 Å². The Kier molecular flexibility index (Phi) is 4.53. The van der Waals surface area contributed by atoms with Gasteiger partial charge in [0.2, 0.25) is 5.91 Å². The van der Waals surface area contributed by atoms with Crippen LogP contribution < -0.4 is 0 Å². The van der Waals surface area contributed by atoms with Crippen molar-refractivity contribution in [3.05, 3.63) is 47.5 Å². The summed E-state index contributed by atoms with van der Waals surface area (Å²) >= 11 is 0. The molecule has 0 spiro atoms. The maximum absolute atomic E-state index is 12.6. The highest BCUT2D eigenvalue weighted by Gasteiger charge is 2.42. The first kappa shape index (κ1) is 16.3. The number of hydrogen-bond donors (Lipinski definition) is 1. The molecule has 3 heterocycles. The van der Waals surface area contributed by atoms with Crippen LogP contribution in [0.1, 0.15) is 23.6 Å². The monoisotopic (exact) mass is 340 g/mol. The maximum Gasteiger partial charge on any atom is 0.227 e. The molecule has 0 bridgehead atoms. The fourth-order valence-corrected chi connectivity index (χ4v) is 4.07. The Morgan fingerprint density at radius 1 is 1.36 bits per heavy atom. The number of ether oxygens (including phenoxy) is 1. The van der Waals surface area contributed by atoms with Crippen LogP contribution in [0.15, 0.2) is 30.3 Å². The van der Waals surface area contributed by atoms with Crippen LogP contribution >= 0.6 is 0 Å². The molecule has 1 aromatic heterocycles. The zero-order valence-corrected chi connectivity index (χ0v) is 14.5. The number of likely N-dealkylation sites (tertiary alicyclic amines) is 1. The minimum absolute atomic E-state index is 0.173. The van der Waals surface area contributed by atoms with Gasteiger partial charge in [0.05, 0.1) is 19.1 Å². The predicted octanol–water partition coefficient (Wildman–Crippen LogP) is 1.76. The first-order valence-corrected chi connectivity index (χ1v) is 9.00. The standard InChI is InChI=1S/C19H24N4O2/c1-13-20-18(22-21-13)10-17-16-7-8-23(11-15(16)12-25-17)19(24)9-14-5-3-2-4-6-14/h2-6,15-17H,7-12H2,1H3,(H,20,21,22)/t15-,16-,17-/m0/s1. The Morgan fingerprint density at radius 2 is 2.20 bits per heavy atom. The maximum atomic E-state index is 12.6. The third kappa shape index (κ3) is 3.58. The second-order valence-electron chi connectivity index (χ2n) is 7.13. The number of benzene rings is 1. The number of carbonyl (C=O) groups excluding carboxylic acids is 1.